The van der Waals surface area contributed by atoms with E-state index in [4.69, 9.17) is 9.40 Å². The molecule has 32 heavy (non-hydrogen) atoms. The molecular weight excluding hydrogens is 488 g/mol. The highest BCUT2D eigenvalue weighted by Gasteiger charge is 2.15. The lowest BCUT2D eigenvalue weighted by Gasteiger charge is -2.07. The lowest BCUT2D eigenvalue weighted by atomic mass is 10.1. The van der Waals surface area contributed by atoms with E-state index in [1.807, 2.05) is 53.9 Å². The summed E-state index contributed by atoms with van der Waals surface area (Å²) in [5, 5.41) is 6.36. The molecule has 2 heterocycles. The van der Waals surface area contributed by atoms with Crippen molar-refractivity contribution in [2.45, 2.75) is 0 Å². The van der Waals surface area contributed by atoms with Crippen LogP contribution in [0.2, 0.25) is 0 Å². The number of anilines is 1. The van der Waals surface area contributed by atoms with Crippen LogP contribution in [0.4, 0.5) is 5.69 Å². The molecule has 0 saturated carbocycles. The van der Waals surface area contributed by atoms with Crippen LogP contribution in [-0.2, 0) is 0 Å². The predicted octanol–water partition coefficient (Wildman–Crippen LogP) is 6.60. The van der Waals surface area contributed by atoms with Crippen LogP contribution in [0.1, 0.15) is 10.4 Å². The maximum Gasteiger partial charge on any atom is 0.349 e. The Labute approximate surface area is 195 Å². The van der Waals surface area contributed by atoms with Gasteiger partial charge >= 0.3 is 5.63 Å². The van der Waals surface area contributed by atoms with E-state index < -0.39 is 11.5 Å². The van der Waals surface area contributed by atoms with Gasteiger partial charge in [0.1, 0.15) is 16.2 Å². The molecule has 2 aromatic heterocycles. The first-order chi connectivity index (χ1) is 15.6. The molecule has 156 valence electrons. The molecule has 5 nitrogen and oxygen atoms in total. The predicted molar refractivity (Wildman–Crippen MR) is 131 cm³/mol. The van der Waals surface area contributed by atoms with E-state index in [0.29, 0.717) is 16.7 Å². The molecule has 0 unspecified atom stereocenters. The summed E-state index contributed by atoms with van der Waals surface area (Å²) in [6, 6.07) is 24.1. The van der Waals surface area contributed by atoms with Gasteiger partial charge in [-0.2, -0.15) is 0 Å². The fourth-order valence-electron chi connectivity index (χ4n) is 3.33. The average Bonchev–Trinajstić information content (AvgIpc) is 3.30. The van der Waals surface area contributed by atoms with Crippen LogP contribution in [0.25, 0.3) is 32.8 Å². The van der Waals surface area contributed by atoms with E-state index in [9.17, 15) is 9.59 Å². The van der Waals surface area contributed by atoms with Crippen LogP contribution >= 0.6 is 27.3 Å². The second-order valence-corrected chi connectivity index (χ2v) is 8.84. The Morgan fingerprint density at radius 2 is 1.75 bits per heavy atom. The molecule has 3 aromatic carbocycles. The van der Waals surface area contributed by atoms with Crippen LogP contribution in [-0.4, -0.2) is 10.9 Å². The SMILES string of the molecule is O=C(Nc1cccc(-c2csc(-c3ccccc3)n2)c1)c1cc2cc(Br)ccc2oc1=O. The first kappa shape index (κ1) is 20.4. The van der Waals surface area contributed by atoms with E-state index >= 15 is 0 Å². The second-order valence-electron chi connectivity index (χ2n) is 7.07. The van der Waals surface area contributed by atoms with Crippen molar-refractivity contribution in [3.63, 3.8) is 0 Å². The molecule has 7 heteroatoms. The number of hydrogen-bond acceptors (Lipinski definition) is 5. The highest BCUT2D eigenvalue weighted by atomic mass is 79.9. The molecule has 1 N–H and O–H groups in total. The standard InChI is InChI=1S/C25H15BrN2O3S/c26-18-9-10-22-17(11-18)13-20(25(30)31-22)23(29)27-19-8-4-7-16(12-19)21-14-32-24(28-21)15-5-2-1-3-6-15/h1-14H,(H,27,29). The fraction of sp³-hybridized carbons (Fsp3) is 0. The number of carbonyl (C=O) groups is 1. The van der Waals surface area contributed by atoms with Gasteiger partial charge in [0, 0.05) is 32.1 Å². The van der Waals surface area contributed by atoms with Crippen LogP contribution in [0.15, 0.2) is 97.9 Å². The number of thiazole rings is 1. The molecule has 5 rings (SSSR count). The van der Waals surface area contributed by atoms with Gasteiger partial charge in [-0.05, 0) is 36.4 Å². The zero-order valence-electron chi connectivity index (χ0n) is 16.5. The third-order valence-corrected chi connectivity index (χ3v) is 6.26. The number of fused-ring (bicyclic) bond motifs is 1. The molecule has 0 aliphatic rings. The molecule has 0 spiro atoms. The van der Waals surface area contributed by atoms with Gasteiger partial charge in [0.15, 0.2) is 0 Å². The number of aromatic nitrogens is 1. The quantitative estimate of drug-likeness (QED) is 0.281. The summed E-state index contributed by atoms with van der Waals surface area (Å²) in [7, 11) is 0. The Bertz CT molecular complexity index is 1510. The largest absolute Gasteiger partial charge is 0.422 e. The number of carbonyl (C=O) groups excluding carboxylic acids is 1. The van der Waals surface area contributed by atoms with Gasteiger partial charge in [-0.15, -0.1) is 11.3 Å². The van der Waals surface area contributed by atoms with E-state index in [1.165, 1.54) is 6.07 Å². The van der Waals surface area contributed by atoms with Crippen molar-refractivity contribution in [1.82, 2.24) is 4.98 Å². The third-order valence-electron chi connectivity index (χ3n) is 4.88. The van der Waals surface area contributed by atoms with Crippen molar-refractivity contribution in [1.29, 1.82) is 0 Å². The third kappa shape index (κ3) is 4.12. The van der Waals surface area contributed by atoms with Gasteiger partial charge in [-0.1, -0.05) is 58.4 Å². The molecule has 0 saturated heterocycles. The molecular formula is C25H15BrN2O3S. The fourth-order valence-corrected chi connectivity index (χ4v) is 4.54. The molecule has 0 bridgehead atoms. The van der Waals surface area contributed by atoms with Crippen molar-refractivity contribution in [2.75, 3.05) is 5.32 Å². The maximum atomic E-state index is 12.8. The van der Waals surface area contributed by atoms with Crippen LogP contribution in [0.3, 0.4) is 0 Å². The summed E-state index contributed by atoms with van der Waals surface area (Å²) in [5.41, 5.74) is 3.00. The zero-order valence-corrected chi connectivity index (χ0v) is 18.9. The van der Waals surface area contributed by atoms with Gasteiger partial charge in [-0.3, -0.25) is 4.79 Å². The number of halogens is 1. The minimum atomic E-state index is -0.680. The second kappa shape index (κ2) is 8.53. The number of benzene rings is 3. The van der Waals surface area contributed by atoms with Crippen molar-refractivity contribution in [3.05, 3.63) is 105 Å². The van der Waals surface area contributed by atoms with Crippen LogP contribution < -0.4 is 10.9 Å². The first-order valence-electron chi connectivity index (χ1n) is 9.73. The Hall–Kier alpha value is -3.55. The summed E-state index contributed by atoms with van der Waals surface area (Å²) in [6.07, 6.45) is 0. The number of hydrogen-bond donors (Lipinski definition) is 1. The number of amides is 1. The molecule has 0 aliphatic carbocycles. The van der Waals surface area contributed by atoms with E-state index in [1.54, 1.807) is 35.6 Å². The van der Waals surface area contributed by atoms with Crippen molar-refractivity contribution in [3.8, 4) is 21.8 Å². The van der Waals surface area contributed by atoms with Crippen LogP contribution in [0.5, 0.6) is 0 Å². The highest BCUT2D eigenvalue weighted by molar-refractivity contribution is 9.10. The van der Waals surface area contributed by atoms with Gasteiger partial charge < -0.3 is 9.73 Å². The lowest BCUT2D eigenvalue weighted by Crippen LogP contribution is -2.20. The summed E-state index contributed by atoms with van der Waals surface area (Å²) in [5.74, 6) is -0.527. The van der Waals surface area contributed by atoms with Crippen molar-refractivity contribution < 1.29 is 9.21 Å². The average molecular weight is 503 g/mol. The molecule has 5 aromatic rings. The number of nitrogens with zero attached hydrogens (tertiary/aromatic N) is 1. The number of rotatable bonds is 4. The molecule has 0 radical (unpaired) electrons. The molecule has 0 atom stereocenters. The summed E-state index contributed by atoms with van der Waals surface area (Å²) in [4.78, 5) is 29.9. The van der Waals surface area contributed by atoms with E-state index in [-0.39, 0.29) is 5.56 Å². The van der Waals surface area contributed by atoms with Gasteiger partial charge in [0.05, 0.1) is 5.69 Å². The smallest absolute Gasteiger partial charge is 0.349 e. The van der Waals surface area contributed by atoms with E-state index in [2.05, 4.69) is 21.2 Å². The molecule has 0 aliphatic heterocycles. The monoisotopic (exact) mass is 502 g/mol. The topological polar surface area (TPSA) is 72.2 Å². The molecule has 0 fully saturated rings. The summed E-state index contributed by atoms with van der Waals surface area (Å²) in [6.45, 7) is 0. The minimum absolute atomic E-state index is 0.0546. The highest BCUT2D eigenvalue weighted by Crippen LogP contribution is 2.30. The zero-order chi connectivity index (χ0) is 22.1. The Morgan fingerprint density at radius 1 is 0.938 bits per heavy atom. The Morgan fingerprint density at radius 3 is 2.59 bits per heavy atom. The Kier molecular flexibility index (Phi) is 5.43. The summed E-state index contributed by atoms with van der Waals surface area (Å²) < 4.78 is 6.13. The normalized spacial score (nSPS) is 10.9. The first-order valence-corrected chi connectivity index (χ1v) is 11.4. The van der Waals surface area contributed by atoms with Gasteiger partial charge in [0.25, 0.3) is 5.91 Å². The number of nitrogens with one attached hydrogen (secondary N) is 1. The van der Waals surface area contributed by atoms with Crippen molar-refractivity contribution in [2.24, 2.45) is 0 Å². The minimum Gasteiger partial charge on any atom is -0.422 e. The summed E-state index contributed by atoms with van der Waals surface area (Å²) >= 11 is 4.95. The maximum absolute atomic E-state index is 12.8. The van der Waals surface area contributed by atoms with Gasteiger partial charge in [0.2, 0.25) is 0 Å². The van der Waals surface area contributed by atoms with Gasteiger partial charge in [-0.25, -0.2) is 9.78 Å². The van der Waals surface area contributed by atoms with E-state index in [0.717, 1.165) is 26.3 Å². The molecule has 1 amide bonds. The Balaban J connectivity index is 1.42. The van der Waals surface area contributed by atoms with Crippen molar-refractivity contribution >= 4 is 49.8 Å². The van der Waals surface area contributed by atoms with Crippen LogP contribution in [0, 0.1) is 0 Å². The lowest BCUT2D eigenvalue weighted by molar-refractivity contribution is 0.102.